The third-order valence-corrected chi connectivity index (χ3v) is 4.06. The molecule has 0 aromatic carbocycles. The molecule has 1 aliphatic carbocycles. The summed E-state index contributed by atoms with van der Waals surface area (Å²) in [4.78, 5) is 17.4. The zero-order valence-electron chi connectivity index (χ0n) is 12.8. The summed E-state index contributed by atoms with van der Waals surface area (Å²) in [6, 6.07) is 3.59. The van der Waals surface area contributed by atoms with E-state index in [0.29, 0.717) is 17.7 Å². The minimum atomic E-state index is -0.342. The van der Waals surface area contributed by atoms with Crippen molar-refractivity contribution in [1.82, 2.24) is 4.98 Å². The molecule has 21 heavy (non-hydrogen) atoms. The van der Waals surface area contributed by atoms with Gasteiger partial charge in [0.1, 0.15) is 5.82 Å². The molecular formula is C15H24N4O2. The molecule has 0 radical (unpaired) electrons. The lowest BCUT2D eigenvalue weighted by molar-refractivity contribution is -0.384. The first-order valence-corrected chi connectivity index (χ1v) is 7.75. The number of nitrogens with one attached hydrogen (secondary N) is 1. The molecular weight excluding hydrogens is 268 g/mol. The van der Waals surface area contributed by atoms with E-state index in [2.05, 4.69) is 17.2 Å². The van der Waals surface area contributed by atoms with Crippen molar-refractivity contribution in [2.24, 2.45) is 0 Å². The molecule has 6 heteroatoms. The maximum atomic E-state index is 11.3. The van der Waals surface area contributed by atoms with E-state index in [1.54, 1.807) is 12.1 Å². The van der Waals surface area contributed by atoms with Gasteiger partial charge in [-0.15, -0.1) is 0 Å². The Balaban J connectivity index is 2.26. The first kappa shape index (κ1) is 15.5. The second-order valence-corrected chi connectivity index (χ2v) is 5.63. The molecule has 1 aromatic heterocycles. The highest BCUT2D eigenvalue weighted by Crippen LogP contribution is 2.32. The summed E-state index contributed by atoms with van der Waals surface area (Å²) in [5, 5.41) is 14.5. The fraction of sp³-hybridized carbons (Fsp3) is 0.667. The maximum absolute atomic E-state index is 11.3. The van der Waals surface area contributed by atoms with Crippen LogP contribution in [0.3, 0.4) is 0 Å². The van der Waals surface area contributed by atoms with Crippen molar-refractivity contribution in [1.29, 1.82) is 0 Å². The monoisotopic (exact) mass is 292 g/mol. The summed E-state index contributed by atoms with van der Waals surface area (Å²) >= 11 is 0. The van der Waals surface area contributed by atoms with Crippen molar-refractivity contribution in [2.75, 3.05) is 23.8 Å². The summed E-state index contributed by atoms with van der Waals surface area (Å²) < 4.78 is 0. The molecule has 0 spiro atoms. The first-order chi connectivity index (χ1) is 10.1. The summed E-state index contributed by atoms with van der Waals surface area (Å²) in [7, 11) is 1.93. The largest absolute Gasteiger partial charge is 0.370 e. The number of pyridine rings is 1. The van der Waals surface area contributed by atoms with Crippen LogP contribution in [0.1, 0.15) is 45.4 Å². The minimum Gasteiger partial charge on any atom is -0.370 e. The summed E-state index contributed by atoms with van der Waals surface area (Å²) in [5.74, 6) is 1.19. The molecule has 0 aliphatic heterocycles. The standard InChI is InChI=1S/C15H24N4O2/c1-3-11-16-14-10-9-13(19(20)21)15(17-14)18(2)12-7-5-4-6-8-12/h9-10,12H,3-8,11H2,1-2H3,(H,16,17). The van der Waals surface area contributed by atoms with Crippen LogP contribution in [0, 0.1) is 10.1 Å². The van der Waals surface area contributed by atoms with E-state index in [0.717, 1.165) is 25.8 Å². The molecule has 1 aromatic rings. The zero-order valence-corrected chi connectivity index (χ0v) is 12.8. The predicted octanol–water partition coefficient (Wildman–Crippen LogP) is 3.58. The van der Waals surface area contributed by atoms with Crippen LogP contribution in [0.15, 0.2) is 12.1 Å². The van der Waals surface area contributed by atoms with Crippen molar-refractivity contribution < 1.29 is 4.92 Å². The van der Waals surface area contributed by atoms with Crippen LogP contribution in [0.25, 0.3) is 0 Å². The van der Waals surface area contributed by atoms with E-state index in [4.69, 9.17) is 0 Å². The summed E-state index contributed by atoms with van der Waals surface area (Å²) in [5.41, 5.74) is 0.0881. The van der Waals surface area contributed by atoms with Crippen molar-refractivity contribution >= 4 is 17.3 Å². The molecule has 1 N–H and O–H groups in total. The quantitative estimate of drug-likeness (QED) is 0.641. The number of aromatic nitrogens is 1. The van der Waals surface area contributed by atoms with Crippen molar-refractivity contribution in [3.05, 3.63) is 22.2 Å². The minimum absolute atomic E-state index is 0.0881. The van der Waals surface area contributed by atoms with Gasteiger partial charge in [0.25, 0.3) is 0 Å². The lowest BCUT2D eigenvalue weighted by atomic mass is 9.94. The molecule has 2 rings (SSSR count). The Labute approximate surface area is 125 Å². The van der Waals surface area contributed by atoms with E-state index in [1.165, 1.54) is 19.3 Å². The Hall–Kier alpha value is -1.85. The smallest absolute Gasteiger partial charge is 0.311 e. The molecule has 0 unspecified atom stereocenters. The Bertz CT molecular complexity index is 487. The van der Waals surface area contributed by atoms with Gasteiger partial charge in [-0.2, -0.15) is 0 Å². The third-order valence-electron chi connectivity index (χ3n) is 4.06. The zero-order chi connectivity index (χ0) is 15.2. The number of rotatable bonds is 6. The summed E-state index contributed by atoms with van der Waals surface area (Å²) in [6.07, 6.45) is 6.81. The van der Waals surface area contributed by atoms with Crippen LogP contribution < -0.4 is 10.2 Å². The van der Waals surface area contributed by atoms with E-state index in [9.17, 15) is 10.1 Å². The molecule has 0 saturated heterocycles. The van der Waals surface area contributed by atoms with Crippen LogP contribution >= 0.6 is 0 Å². The lowest BCUT2D eigenvalue weighted by Gasteiger charge is -2.31. The van der Waals surface area contributed by atoms with Crippen LogP contribution in [0.5, 0.6) is 0 Å². The van der Waals surface area contributed by atoms with Gasteiger partial charge in [0.15, 0.2) is 0 Å². The average Bonchev–Trinajstić information content (AvgIpc) is 2.52. The third kappa shape index (κ3) is 3.83. The predicted molar refractivity (Wildman–Crippen MR) is 84.9 cm³/mol. The van der Waals surface area contributed by atoms with Gasteiger partial charge < -0.3 is 10.2 Å². The highest BCUT2D eigenvalue weighted by atomic mass is 16.6. The van der Waals surface area contributed by atoms with Gasteiger partial charge in [-0.25, -0.2) is 4.98 Å². The Morgan fingerprint density at radius 1 is 1.38 bits per heavy atom. The van der Waals surface area contributed by atoms with E-state index >= 15 is 0 Å². The van der Waals surface area contributed by atoms with Gasteiger partial charge >= 0.3 is 5.69 Å². The number of hydrogen-bond acceptors (Lipinski definition) is 5. The molecule has 116 valence electrons. The van der Waals surface area contributed by atoms with Crippen LogP contribution in [0.2, 0.25) is 0 Å². The van der Waals surface area contributed by atoms with Crippen LogP contribution in [0.4, 0.5) is 17.3 Å². The van der Waals surface area contributed by atoms with E-state index in [-0.39, 0.29) is 10.6 Å². The van der Waals surface area contributed by atoms with Gasteiger partial charge in [-0.3, -0.25) is 10.1 Å². The average molecular weight is 292 g/mol. The molecule has 6 nitrogen and oxygen atoms in total. The van der Waals surface area contributed by atoms with Crippen molar-refractivity contribution in [3.8, 4) is 0 Å². The Kier molecular flexibility index (Phi) is 5.36. The Morgan fingerprint density at radius 3 is 2.71 bits per heavy atom. The van der Waals surface area contributed by atoms with Gasteiger partial charge in [0, 0.05) is 25.7 Å². The molecule has 1 saturated carbocycles. The molecule has 1 heterocycles. The van der Waals surface area contributed by atoms with Crippen LogP contribution in [-0.2, 0) is 0 Å². The van der Waals surface area contributed by atoms with E-state index in [1.807, 2.05) is 11.9 Å². The number of nitrogens with zero attached hydrogens (tertiary/aromatic N) is 3. The van der Waals surface area contributed by atoms with Gasteiger partial charge in [-0.05, 0) is 25.3 Å². The molecule has 1 aliphatic rings. The maximum Gasteiger partial charge on any atom is 0.311 e. The van der Waals surface area contributed by atoms with Gasteiger partial charge in [-0.1, -0.05) is 26.2 Å². The van der Waals surface area contributed by atoms with Gasteiger partial charge in [0.05, 0.1) is 4.92 Å². The number of hydrogen-bond donors (Lipinski definition) is 1. The Morgan fingerprint density at radius 2 is 2.10 bits per heavy atom. The molecule has 0 amide bonds. The second-order valence-electron chi connectivity index (χ2n) is 5.63. The lowest BCUT2D eigenvalue weighted by Crippen LogP contribution is -2.34. The first-order valence-electron chi connectivity index (χ1n) is 7.75. The van der Waals surface area contributed by atoms with Gasteiger partial charge in [0.2, 0.25) is 5.82 Å². The second kappa shape index (κ2) is 7.24. The SMILES string of the molecule is CCCNc1ccc([N+](=O)[O-])c(N(C)C2CCCCC2)n1. The molecule has 0 atom stereocenters. The summed E-state index contributed by atoms with van der Waals surface area (Å²) in [6.45, 7) is 2.89. The number of anilines is 2. The van der Waals surface area contributed by atoms with Crippen LogP contribution in [-0.4, -0.2) is 29.5 Å². The fourth-order valence-corrected chi connectivity index (χ4v) is 2.84. The molecule has 0 bridgehead atoms. The van der Waals surface area contributed by atoms with Crippen molar-refractivity contribution in [3.63, 3.8) is 0 Å². The number of nitro groups is 1. The van der Waals surface area contributed by atoms with E-state index < -0.39 is 0 Å². The normalized spacial score (nSPS) is 15.7. The highest BCUT2D eigenvalue weighted by Gasteiger charge is 2.26. The molecule has 1 fully saturated rings. The topological polar surface area (TPSA) is 71.3 Å². The fourth-order valence-electron chi connectivity index (χ4n) is 2.84. The van der Waals surface area contributed by atoms with Crippen molar-refractivity contribution in [2.45, 2.75) is 51.5 Å². The highest BCUT2D eigenvalue weighted by molar-refractivity contribution is 5.62.